The van der Waals surface area contributed by atoms with Crippen LogP contribution in [0.5, 0.6) is 0 Å². The minimum absolute atomic E-state index is 0.00117. The number of carbonyl (C=O) groups excluding carboxylic acids is 1. The van der Waals surface area contributed by atoms with E-state index in [-0.39, 0.29) is 23.4 Å². The monoisotopic (exact) mass is 349 g/mol. The number of rotatable bonds is 2. The molecular weight excluding hydrogens is 334 g/mol. The number of halogens is 1. The predicted octanol–water partition coefficient (Wildman–Crippen LogP) is 2.25. The van der Waals surface area contributed by atoms with Crippen LogP contribution in [0, 0.1) is 5.92 Å². The smallest absolute Gasteiger partial charge is 0.261 e. The van der Waals surface area contributed by atoms with E-state index < -0.39 is 0 Å². The summed E-state index contributed by atoms with van der Waals surface area (Å²) in [5, 5.41) is 3.27. The highest BCUT2D eigenvalue weighted by atomic mass is 79.9. The van der Waals surface area contributed by atoms with Crippen molar-refractivity contribution < 1.29 is 4.79 Å². The summed E-state index contributed by atoms with van der Waals surface area (Å²) >= 11 is 3.38. The first-order chi connectivity index (χ1) is 10.1. The van der Waals surface area contributed by atoms with Crippen LogP contribution in [-0.4, -0.2) is 22.5 Å². The highest BCUT2D eigenvalue weighted by Crippen LogP contribution is 2.35. The van der Waals surface area contributed by atoms with Crippen LogP contribution in [0.4, 0.5) is 0 Å². The molecule has 0 spiro atoms. The van der Waals surface area contributed by atoms with E-state index >= 15 is 0 Å². The third kappa shape index (κ3) is 2.48. The first kappa shape index (κ1) is 14.3. The van der Waals surface area contributed by atoms with Gasteiger partial charge in [0.2, 0.25) is 5.91 Å². The van der Waals surface area contributed by atoms with Gasteiger partial charge in [0.1, 0.15) is 0 Å². The Morgan fingerprint density at radius 3 is 3.00 bits per heavy atom. The number of nitrogens with zero attached hydrogens (tertiary/aromatic N) is 2. The molecule has 0 radical (unpaired) electrons. The molecule has 1 aliphatic carbocycles. The molecule has 1 aromatic heterocycles. The Balaban J connectivity index is 2.10. The maximum Gasteiger partial charge on any atom is 0.261 e. The summed E-state index contributed by atoms with van der Waals surface area (Å²) in [7, 11) is 1.64. The van der Waals surface area contributed by atoms with Gasteiger partial charge in [0.25, 0.3) is 5.56 Å². The van der Waals surface area contributed by atoms with Crippen molar-refractivity contribution in [3.8, 4) is 0 Å². The number of amides is 1. The van der Waals surface area contributed by atoms with Gasteiger partial charge in [0.15, 0.2) is 0 Å². The van der Waals surface area contributed by atoms with E-state index in [4.69, 9.17) is 0 Å². The number of fused-ring (bicyclic) bond motifs is 1. The largest absolute Gasteiger partial charge is 0.359 e. The van der Waals surface area contributed by atoms with E-state index in [2.05, 4.69) is 26.2 Å². The molecule has 5 nitrogen and oxygen atoms in total. The second-order valence-corrected chi connectivity index (χ2v) is 6.25. The standard InChI is InChI=1S/C15H16BrN3O2/c1-17-14(20)10-3-2-4-13(10)19-8-18-12-6-5-9(16)7-11(12)15(19)21/h5-8,10,13H,2-4H2,1H3,(H,17,20). The molecule has 0 aliphatic heterocycles. The SMILES string of the molecule is CNC(=O)C1CCCC1n1cnc2ccc(Br)cc2c1=O. The predicted molar refractivity (Wildman–Crippen MR) is 84.1 cm³/mol. The summed E-state index contributed by atoms with van der Waals surface area (Å²) in [5.41, 5.74) is 0.594. The fraction of sp³-hybridized carbons (Fsp3) is 0.400. The minimum Gasteiger partial charge on any atom is -0.359 e. The van der Waals surface area contributed by atoms with Crippen molar-refractivity contribution in [1.82, 2.24) is 14.9 Å². The Hall–Kier alpha value is -1.69. The fourth-order valence-electron chi connectivity index (χ4n) is 3.11. The van der Waals surface area contributed by atoms with Gasteiger partial charge >= 0.3 is 0 Å². The molecule has 1 saturated carbocycles. The molecule has 0 saturated heterocycles. The van der Waals surface area contributed by atoms with E-state index in [1.165, 1.54) is 0 Å². The lowest BCUT2D eigenvalue weighted by Crippen LogP contribution is -2.35. The van der Waals surface area contributed by atoms with Crippen molar-refractivity contribution in [1.29, 1.82) is 0 Å². The molecule has 1 fully saturated rings. The zero-order valence-corrected chi connectivity index (χ0v) is 13.3. The van der Waals surface area contributed by atoms with Crippen molar-refractivity contribution >= 4 is 32.7 Å². The number of hydrogen-bond donors (Lipinski definition) is 1. The van der Waals surface area contributed by atoms with Crippen LogP contribution >= 0.6 is 15.9 Å². The fourth-order valence-corrected chi connectivity index (χ4v) is 3.47. The number of carbonyl (C=O) groups is 1. The van der Waals surface area contributed by atoms with Crippen LogP contribution in [0.2, 0.25) is 0 Å². The molecule has 6 heteroatoms. The van der Waals surface area contributed by atoms with Crippen LogP contribution in [0.15, 0.2) is 33.8 Å². The Morgan fingerprint density at radius 2 is 2.24 bits per heavy atom. The van der Waals surface area contributed by atoms with Crippen molar-refractivity contribution in [3.63, 3.8) is 0 Å². The summed E-state index contributed by atoms with van der Waals surface area (Å²) in [6.45, 7) is 0. The van der Waals surface area contributed by atoms with Gasteiger partial charge in [0, 0.05) is 17.6 Å². The maximum absolute atomic E-state index is 12.7. The summed E-state index contributed by atoms with van der Waals surface area (Å²) in [4.78, 5) is 29.0. The Labute approximate surface area is 130 Å². The Morgan fingerprint density at radius 1 is 1.43 bits per heavy atom. The Kier molecular flexibility index (Phi) is 3.80. The van der Waals surface area contributed by atoms with E-state index in [9.17, 15) is 9.59 Å². The highest BCUT2D eigenvalue weighted by Gasteiger charge is 2.34. The number of benzene rings is 1. The normalized spacial score (nSPS) is 21.6. The first-order valence-corrected chi connectivity index (χ1v) is 7.79. The first-order valence-electron chi connectivity index (χ1n) is 7.00. The van der Waals surface area contributed by atoms with Gasteiger partial charge in [-0.3, -0.25) is 14.2 Å². The number of hydrogen-bond acceptors (Lipinski definition) is 3. The summed E-state index contributed by atoms with van der Waals surface area (Å²) in [6, 6.07) is 5.36. The van der Waals surface area contributed by atoms with Crippen LogP contribution in [0.3, 0.4) is 0 Å². The van der Waals surface area contributed by atoms with E-state index in [0.29, 0.717) is 10.9 Å². The molecule has 21 heavy (non-hydrogen) atoms. The van der Waals surface area contributed by atoms with Gasteiger partial charge in [-0.25, -0.2) is 4.98 Å². The molecule has 1 aliphatic rings. The van der Waals surface area contributed by atoms with E-state index in [1.807, 2.05) is 12.1 Å². The molecule has 0 bridgehead atoms. The van der Waals surface area contributed by atoms with Gasteiger partial charge in [-0.05, 0) is 31.0 Å². The third-order valence-electron chi connectivity index (χ3n) is 4.16. The summed E-state index contributed by atoms with van der Waals surface area (Å²) < 4.78 is 2.47. The molecule has 1 heterocycles. The molecule has 1 aromatic carbocycles. The second kappa shape index (κ2) is 5.60. The molecule has 2 aromatic rings. The van der Waals surface area contributed by atoms with Crippen LogP contribution in [-0.2, 0) is 4.79 Å². The lowest BCUT2D eigenvalue weighted by atomic mass is 10.0. The van der Waals surface area contributed by atoms with Crippen molar-refractivity contribution in [2.45, 2.75) is 25.3 Å². The van der Waals surface area contributed by atoms with Gasteiger partial charge in [-0.2, -0.15) is 0 Å². The minimum atomic E-state index is -0.154. The molecule has 3 rings (SSSR count). The zero-order valence-electron chi connectivity index (χ0n) is 11.7. The molecule has 1 N–H and O–H groups in total. The molecule has 2 unspecified atom stereocenters. The molecular formula is C15H16BrN3O2. The molecule has 1 amide bonds. The lowest BCUT2D eigenvalue weighted by molar-refractivity contribution is -0.125. The number of nitrogens with one attached hydrogen (secondary N) is 1. The van der Waals surface area contributed by atoms with E-state index in [0.717, 1.165) is 23.7 Å². The lowest BCUT2D eigenvalue weighted by Gasteiger charge is -2.20. The number of aromatic nitrogens is 2. The quantitative estimate of drug-likeness (QED) is 0.904. The van der Waals surface area contributed by atoms with Gasteiger partial charge in [-0.15, -0.1) is 0 Å². The van der Waals surface area contributed by atoms with Gasteiger partial charge in [0.05, 0.1) is 23.1 Å². The summed E-state index contributed by atoms with van der Waals surface area (Å²) in [6.07, 6.45) is 4.17. The highest BCUT2D eigenvalue weighted by molar-refractivity contribution is 9.10. The van der Waals surface area contributed by atoms with Crippen LogP contribution in [0.1, 0.15) is 25.3 Å². The van der Waals surface area contributed by atoms with Crippen LogP contribution < -0.4 is 10.9 Å². The van der Waals surface area contributed by atoms with E-state index in [1.54, 1.807) is 24.0 Å². The molecule has 110 valence electrons. The second-order valence-electron chi connectivity index (χ2n) is 5.34. The Bertz CT molecular complexity index is 756. The summed E-state index contributed by atoms with van der Waals surface area (Å²) in [5.74, 6) is -0.155. The third-order valence-corrected chi connectivity index (χ3v) is 4.66. The molecule has 2 atom stereocenters. The topological polar surface area (TPSA) is 64.0 Å². The van der Waals surface area contributed by atoms with Crippen LogP contribution in [0.25, 0.3) is 10.9 Å². The van der Waals surface area contributed by atoms with Gasteiger partial charge < -0.3 is 5.32 Å². The van der Waals surface area contributed by atoms with Gasteiger partial charge in [-0.1, -0.05) is 22.4 Å². The van der Waals surface area contributed by atoms with Crippen molar-refractivity contribution in [3.05, 3.63) is 39.4 Å². The maximum atomic E-state index is 12.7. The van der Waals surface area contributed by atoms with Crippen molar-refractivity contribution in [2.24, 2.45) is 5.92 Å². The van der Waals surface area contributed by atoms with Crippen molar-refractivity contribution in [2.75, 3.05) is 7.05 Å². The zero-order chi connectivity index (χ0) is 15.0. The average molecular weight is 350 g/mol. The average Bonchev–Trinajstić information content (AvgIpc) is 2.96.